The molecule has 0 amide bonds. The van der Waals surface area contributed by atoms with E-state index in [1.54, 1.807) is 12.1 Å². The Morgan fingerprint density at radius 2 is 1.54 bits per heavy atom. The highest BCUT2D eigenvalue weighted by atomic mass is 19.3. The third-order valence-electron chi connectivity index (χ3n) is 3.11. The fraction of sp³-hybridized carbons (Fsp3) is 0.176. The number of carbonyl (C=O) groups excluding carboxylic acids is 2. The van der Waals surface area contributed by atoms with Gasteiger partial charge in [-0.1, -0.05) is 12.1 Å². The Kier molecular flexibility index (Phi) is 5.97. The van der Waals surface area contributed by atoms with Gasteiger partial charge in [0.05, 0.1) is 12.2 Å². The minimum atomic E-state index is -2.94. The van der Waals surface area contributed by atoms with E-state index in [1.165, 1.54) is 36.4 Å². The number of carbonyl (C=O) groups is 2. The first kappa shape index (κ1) is 17.6. The maximum atomic E-state index is 12.0. The van der Waals surface area contributed by atoms with Gasteiger partial charge in [-0.25, -0.2) is 4.79 Å². The summed E-state index contributed by atoms with van der Waals surface area (Å²) in [6.07, 6.45) is 0. The van der Waals surface area contributed by atoms with Crippen LogP contribution in [0.3, 0.4) is 0 Å². The molecule has 0 heterocycles. The molecule has 0 aliphatic heterocycles. The number of ketones is 1. The molecule has 2 rings (SSSR count). The van der Waals surface area contributed by atoms with Gasteiger partial charge in [0.2, 0.25) is 0 Å². The average molecular weight is 336 g/mol. The number of aliphatic hydroxyl groups excluding tert-OH is 1. The molecule has 0 saturated carbocycles. The lowest BCUT2D eigenvalue weighted by molar-refractivity contribution is -0.0498. The molecule has 0 bridgehead atoms. The molecule has 2 aromatic carbocycles. The topological polar surface area (TPSA) is 72.8 Å². The van der Waals surface area contributed by atoms with Gasteiger partial charge in [-0.2, -0.15) is 8.78 Å². The van der Waals surface area contributed by atoms with Crippen LogP contribution in [0.25, 0.3) is 0 Å². The second-order valence-electron chi connectivity index (χ2n) is 4.76. The Morgan fingerprint density at radius 3 is 2.08 bits per heavy atom. The van der Waals surface area contributed by atoms with Gasteiger partial charge >= 0.3 is 12.6 Å². The molecule has 24 heavy (non-hydrogen) atoms. The summed E-state index contributed by atoms with van der Waals surface area (Å²) in [5, 5.41) is 8.93. The first-order valence-electron chi connectivity index (χ1n) is 6.94. The molecule has 0 atom stereocenters. The summed E-state index contributed by atoms with van der Waals surface area (Å²) in [5.41, 5.74) is 1.11. The Balaban J connectivity index is 1.90. The van der Waals surface area contributed by atoms with Gasteiger partial charge in [-0.15, -0.1) is 0 Å². The summed E-state index contributed by atoms with van der Waals surface area (Å²) >= 11 is 0. The highest BCUT2D eigenvalue weighted by Crippen LogP contribution is 2.15. The van der Waals surface area contributed by atoms with Gasteiger partial charge in [0, 0.05) is 5.56 Å². The Morgan fingerprint density at radius 1 is 0.958 bits per heavy atom. The van der Waals surface area contributed by atoms with Crippen LogP contribution in [0.2, 0.25) is 0 Å². The minimum absolute atomic E-state index is 0.0671. The van der Waals surface area contributed by atoms with Crippen LogP contribution in [0, 0.1) is 0 Å². The quantitative estimate of drug-likeness (QED) is 0.622. The second-order valence-corrected chi connectivity index (χ2v) is 4.76. The van der Waals surface area contributed by atoms with E-state index < -0.39 is 25.0 Å². The number of ether oxygens (including phenoxy) is 2. The van der Waals surface area contributed by atoms with Crippen molar-refractivity contribution in [3.8, 4) is 5.75 Å². The van der Waals surface area contributed by atoms with E-state index in [2.05, 4.69) is 4.74 Å². The lowest BCUT2D eigenvalue weighted by atomic mass is 10.1. The van der Waals surface area contributed by atoms with Crippen molar-refractivity contribution >= 4 is 11.8 Å². The van der Waals surface area contributed by atoms with Crippen LogP contribution < -0.4 is 4.74 Å². The van der Waals surface area contributed by atoms with Crippen LogP contribution in [0.1, 0.15) is 26.3 Å². The smallest absolute Gasteiger partial charge is 0.387 e. The summed E-state index contributed by atoms with van der Waals surface area (Å²) in [6, 6.07) is 11.2. The average Bonchev–Trinajstić information content (AvgIpc) is 2.59. The molecule has 126 valence electrons. The first-order chi connectivity index (χ1) is 11.5. The maximum absolute atomic E-state index is 12.0. The Labute approximate surface area is 136 Å². The SMILES string of the molecule is O=C(COC(=O)c1ccc(CO)cc1)c1ccc(OC(F)F)cc1. The Bertz CT molecular complexity index is 696. The predicted octanol–water partition coefficient (Wildman–Crippen LogP) is 2.82. The number of benzene rings is 2. The largest absolute Gasteiger partial charge is 0.454 e. The van der Waals surface area contributed by atoms with Crippen molar-refractivity contribution in [2.45, 2.75) is 13.2 Å². The number of alkyl halides is 2. The lowest BCUT2D eigenvalue weighted by Crippen LogP contribution is -2.14. The van der Waals surface area contributed by atoms with E-state index in [0.717, 1.165) is 0 Å². The number of hydrogen-bond donors (Lipinski definition) is 1. The third kappa shape index (κ3) is 4.85. The highest BCUT2D eigenvalue weighted by Gasteiger charge is 2.12. The van der Waals surface area contributed by atoms with Gasteiger partial charge in [0.15, 0.2) is 12.4 Å². The van der Waals surface area contributed by atoms with Gasteiger partial charge in [-0.3, -0.25) is 4.79 Å². The minimum Gasteiger partial charge on any atom is -0.454 e. The van der Waals surface area contributed by atoms with E-state index in [4.69, 9.17) is 9.84 Å². The van der Waals surface area contributed by atoms with Crippen LogP contribution in [0.5, 0.6) is 5.75 Å². The van der Waals surface area contributed by atoms with Crippen LogP contribution in [0.15, 0.2) is 48.5 Å². The number of esters is 1. The standard InChI is InChI=1S/C17H14F2O5/c18-17(19)24-14-7-5-12(6-8-14)15(21)10-23-16(22)13-3-1-11(9-20)2-4-13/h1-8,17,20H,9-10H2. The van der Waals surface area contributed by atoms with Crippen LogP contribution in [0.4, 0.5) is 8.78 Å². The van der Waals surface area contributed by atoms with Gasteiger partial charge in [-0.05, 0) is 42.0 Å². The fourth-order valence-electron chi connectivity index (χ4n) is 1.87. The van der Waals surface area contributed by atoms with Crippen LogP contribution in [-0.4, -0.2) is 30.1 Å². The summed E-state index contributed by atoms with van der Waals surface area (Å²) in [4.78, 5) is 23.7. The summed E-state index contributed by atoms with van der Waals surface area (Å²) in [6.45, 7) is -3.56. The molecule has 0 aromatic heterocycles. The van der Waals surface area contributed by atoms with Crippen molar-refractivity contribution in [2.24, 2.45) is 0 Å². The van der Waals surface area contributed by atoms with Crippen LogP contribution >= 0.6 is 0 Å². The monoisotopic (exact) mass is 336 g/mol. The van der Waals surface area contributed by atoms with Crippen molar-refractivity contribution in [3.63, 3.8) is 0 Å². The van der Waals surface area contributed by atoms with E-state index in [0.29, 0.717) is 5.56 Å². The van der Waals surface area contributed by atoms with E-state index in [9.17, 15) is 18.4 Å². The Hall–Kier alpha value is -2.80. The highest BCUT2D eigenvalue weighted by molar-refractivity contribution is 5.99. The molecule has 0 saturated heterocycles. The zero-order chi connectivity index (χ0) is 17.5. The third-order valence-corrected chi connectivity index (χ3v) is 3.11. The molecule has 2 aromatic rings. The molecule has 0 radical (unpaired) electrons. The number of aliphatic hydroxyl groups is 1. The summed E-state index contributed by atoms with van der Waals surface area (Å²) < 4.78 is 33.2. The maximum Gasteiger partial charge on any atom is 0.387 e. The van der Waals surface area contributed by atoms with E-state index in [-0.39, 0.29) is 23.5 Å². The predicted molar refractivity (Wildman–Crippen MR) is 80.1 cm³/mol. The van der Waals surface area contributed by atoms with Crippen LogP contribution in [-0.2, 0) is 11.3 Å². The molecule has 0 fully saturated rings. The van der Waals surface area contributed by atoms with Crippen molar-refractivity contribution in [2.75, 3.05) is 6.61 Å². The molecule has 0 aliphatic rings. The molecule has 0 aliphatic carbocycles. The molecular weight excluding hydrogens is 322 g/mol. The van der Waals surface area contributed by atoms with Gasteiger partial charge < -0.3 is 14.6 Å². The summed E-state index contributed by atoms with van der Waals surface area (Å²) in [5.74, 6) is -1.22. The number of halogens is 2. The van der Waals surface area contributed by atoms with Crippen molar-refractivity contribution in [1.82, 2.24) is 0 Å². The lowest BCUT2D eigenvalue weighted by Gasteiger charge is -2.07. The van der Waals surface area contributed by atoms with E-state index in [1.807, 2.05) is 0 Å². The van der Waals surface area contributed by atoms with Gasteiger partial charge in [0.25, 0.3) is 0 Å². The molecule has 1 N–H and O–H groups in total. The molecule has 0 unspecified atom stereocenters. The van der Waals surface area contributed by atoms with Crippen molar-refractivity contribution < 1.29 is 33.0 Å². The van der Waals surface area contributed by atoms with Crippen molar-refractivity contribution in [3.05, 3.63) is 65.2 Å². The second kappa shape index (κ2) is 8.16. The molecule has 0 spiro atoms. The van der Waals surface area contributed by atoms with E-state index >= 15 is 0 Å². The zero-order valence-electron chi connectivity index (χ0n) is 12.4. The number of hydrogen-bond acceptors (Lipinski definition) is 5. The normalized spacial score (nSPS) is 10.5. The zero-order valence-corrected chi connectivity index (χ0v) is 12.4. The number of rotatable bonds is 7. The first-order valence-corrected chi connectivity index (χ1v) is 6.94. The van der Waals surface area contributed by atoms with Gasteiger partial charge in [0.1, 0.15) is 5.75 Å². The fourth-order valence-corrected chi connectivity index (χ4v) is 1.87. The summed E-state index contributed by atoms with van der Waals surface area (Å²) in [7, 11) is 0. The molecule has 5 nitrogen and oxygen atoms in total. The molecular formula is C17H14F2O5. The van der Waals surface area contributed by atoms with Crippen molar-refractivity contribution in [1.29, 1.82) is 0 Å². The number of Topliss-reactive ketones (excluding diaryl/α,β-unsaturated/α-hetero) is 1. The molecule has 7 heteroatoms.